The van der Waals surface area contributed by atoms with Crippen molar-refractivity contribution in [2.24, 2.45) is 0 Å². The first kappa shape index (κ1) is 16.0. The second kappa shape index (κ2) is 8.81. The molecule has 0 spiro atoms. The van der Waals surface area contributed by atoms with Crippen molar-refractivity contribution in [3.8, 4) is 0 Å². The van der Waals surface area contributed by atoms with Gasteiger partial charge in [0.25, 0.3) is 0 Å². The van der Waals surface area contributed by atoms with Crippen LogP contribution in [0.4, 0.5) is 0 Å². The topological polar surface area (TPSA) is 24.9 Å². The number of benzene rings is 1. The number of pyridine rings is 1. The van der Waals surface area contributed by atoms with Crippen molar-refractivity contribution in [1.82, 2.24) is 10.3 Å². The zero-order chi connectivity index (χ0) is 14.9. The summed E-state index contributed by atoms with van der Waals surface area (Å²) in [6, 6.07) is 12.8. The summed E-state index contributed by atoms with van der Waals surface area (Å²) >= 11 is 5.95. The van der Waals surface area contributed by atoms with E-state index in [0.717, 1.165) is 37.3 Å². The number of halogens is 1. The van der Waals surface area contributed by atoms with Crippen LogP contribution < -0.4 is 5.32 Å². The number of rotatable bonds is 8. The van der Waals surface area contributed by atoms with E-state index in [0.29, 0.717) is 6.04 Å². The summed E-state index contributed by atoms with van der Waals surface area (Å²) in [7, 11) is 0. The highest BCUT2D eigenvalue weighted by molar-refractivity contribution is 6.30. The fourth-order valence-corrected chi connectivity index (χ4v) is 2.54. The Morgan fingerprint density at radius 2 is 1.95 bits per heavy atom. The predicted molar refractivity (Wildman–Crippen MR) is 89.8 cm³/mol. The lowest BCUT2D eigenvalue weighted by molar-refractivity contribution is 0.477. The van der Waals surface area contributed by atoms with Crippen LogP contribution in [0, 0.1) is 0 Å². The van der Waals surface area contributed by atoms with Crippen molar-refractivity contribution in [3.63, 3.8) is 0 Å². The minimum absolute atomic E-state index is 0.492. The van der Waals surface area contributed by atoms with Crippen LogP contribution in [-0.4, -0.2) is 17.6 Å². The van der Waals surface area contributed by atoms with Gasteiger partial charge in [-0.2, -0.15) is 0 Å². The van der Waals surface area contributed by atoms with Crippen molar-refractivity contribution in [2.75, 3.05) is 6.54 Å². The van der Waals surface area contributed by atoms with Gasteiger partial charge in [-0.15, -0.1) is 0 Å². The number of nitrogens with one attached hydrogen (secondary N) is 1. The summed E-state index contributed by atoms with van der Waals surface area (Å²) in [5.74, 6) is 0. The molecule has 0 radical (unpaired) electrons. The van der Waals surface area contributed by atoms with E-state index in [9.17, 15) is 0 Å². The minimum Gasteiger partial charge on any atom is -0.314 e. The van der Waals surface area contributed by atoms with Crippen molar-refractivity contribution in [1.29, 1.82) is 0 Å². The molecule has 0 saturated carbocycles. The summed E-state index contributed by atoms with van der Waals surface area (Å²) in [4.78, 5) is 4.18. The standard InChI is InChI=1S/C18H23ClN2/c1-2-11-21-18(10-7-16-4-3-12-20-14-16)13-15-5-8-17(19)9-6-15/h3-6,8-9,12,14,18,21H,2,7,10-11,13H2,1H3. The summed E-state index contributed by atoms with van der Waals surface area (Å²) in [6.45, 7) is 3.26. The van der Waals surface area contributed by atoms with Crippen LogP contribution >= 0.6 is 11.6 Å². The second-order valence-electron chi connectivity index (χ2n) is 5.38. The maximum atomic E-state index is 5.95. The fourth-order valence-electron chi connectivity index (χ4n) is 2.42. The maximum absolute atomic E-state index is 5.95. The summed E-state index contributed by atoms with van der Waals surface area (Å²) in [5.41, 5.74) is 2.64. The lowest BCUT2D eigenvalue weighted by Gasteiger charge is -2.18. The molecule has 2 rings (SSSR count). The molecule has 0 saturated heterocycles. The van der Waals surface area contributed by atoms with Crippen molar-refractivity contribution in [3.05, 3.63) is 64.9 Å². The van der Waals surface area contributed by atoms with Gasteiger partial charge in [0.2, 0.25) is 0 Å². The first-order valence-corrected chi connectivity index (χ1v) is 8.02. The minimum atomic E-state index is 0.492. The third kappa shape index (κ3) is 5.86. The highest BCUT2D eigenvalue weighted by Crippen LogP contribution is 2.13. The normalized spacial score (nSPS) is 12.3. The smallest absolute Gasteiger partial charge is 0.0406 e. The van der Waals surface area contributed by atoms with E-state index >= 15 is 0 Å². The Bertz CT molecular complexity index is 511. The van der Waals surface area contributed by atoms with E-state index in [4.69, 9.17) is 11.6 Å². The predicted octanol–water partition coefficient (Wildman–Crippen LogP) is 4.28. The molecule has 2 nitrogen and oxygen atoms in total. The molecule has 1 atom stereocenters. The van der Waals surface area contributed by atoms with E-state index in [1.54, 1.807) is 0 Å². The quantitative estimate of drug-likeness (QED) is 0.787. The summed E-state index contributed by atoms with van der Waals surface area (Å²) in [5, 5.41) is 4.45. The van der Waals surface area contributed by atoms with Gasteiger partial charge < -0.3 is 5.32 Å². The van der Waals surface area contributed by atoms with Gasteiger partial charge in [-0.25, -0.2) is 0 Å². The number of hydrogen-bond acceptors (Lipinski definition) is 2. The largest absolute Gasteiger partial charge is 0.314 e. The average Bonchev–Trinajstić information content (AvgIpc) is 2.53. The molecule has 0 amide bonds. The lowest BCUT2D eigenvalue weighted by atomic mass is 9.99. The van der Waals surface area contributed by atoms with Crippen LogP contribution in [0.25, 0.3) is 0 Å². The Balaban J connectivity index is 1.92. The molecule has 1 unspecified atom stereocenters. The van der Waals surface area contributed by atoms with Gasteiger partial charge in [-0.3, -0.25) is 4.98 Å². The monoisotopic (exact) mass is 302 g/mol. The molecule has 0 aliphatic rings. The molecule has 21 heavy (non-hydrogen) atoms. The van der Waals surface area contributed by atoms with E-state index in [2.05, 4.69) is 35.4 Å². The third-order valence-electron chi connectivity index (χ3n) is 3.58. The molecule has 0 aliphatic carbocycles. The lowest BCUT2D eigenvalue weighted by Crippen LogP contribution is -2.32. The molecule has 2 aromatic rings. The van der Waals surface area contributed by atoms with E-state index < -0.39 is 0 Å². The summed E-state index contributed by atoms with van der Waals surface area (Å²) < 4.78 is 0. The Morgan fingerprint density at radius 1 is 1.14 bits per heavy atom. The number of hydrogen-bond donors (Lipinski definition) is 1. The average molecular weight is 303 g/mol. The van der Waals surface area contributed by atoms with Crippen LogP contribution in [0.2, 0.25) is 5.02 Å². The van der Waals surface area contributed by atoms with Crippen LogP contribution in [0.5, 0.6) is 0 Å². The number of aryl methyl sites for hydroxylation is 1. The molecule has 0 bridgehead atoms. The SMILES string of the molecule is CCCNC(CCc1cccnc1)Cc1ccc(Cl)cc1. The Labute approximate surface area is 132 Å². The van der Waals surface area contributed by atoms with Gasteiger partial charge in [0.15, 0.2) is 0 Å². The Morgan fingerprint density at radius 3 is 2.62 bits per heavy atom. The molecule has 1 aromatic carbocycles. The van der Waals surface area contributed by atoms with Crippen LogP contribution in [0.15, 0.2) is 48.8 Å². The molecule has 112 valence electrons. The van der Waals surface area contributed by atoms with Gasteiger partial charge in [0.1, 0.15) is 0 Å². The molecule has 0 fully saturated rings. The Kier molecular flexibility index (Phi) is 6.71. The molecular weight excluding hydrogens is 280 g/mol. The third-order valence-corrected chi connectivity index (χ3v) is 3.83. The molecule has 1 heterocycles. The van der Waals surface area contributed by atoms with Crippen molar-refractivity contribution in [2.45, 2.75) is 38.6 Å². The number of aromatic nitrogens is 1. The van der Waals surface area contributed by atoms with Gasteiger partial charge in [-0.05, 0) is 61.6 Å². The van der Waals surface area contributed by atoms with Crippen LogP contribution in [0.3, 0.4) is 0 Å². The highest BCUT2D eigenvalue weighted by Gasteiger charge is 2.09. The first-order chi connectivity index (χ1) is 10.3. The zero-order valence-electron chi connectivity index (χ0n) is 12.6. The molecule has 0 aliphatic heterocycles. The van der Waals surface area contributed by atoms with Crippen molar-refractivity contribution < 1.29 is 0 Å². The van der Waals surface area contributed by atoms with Crippen molar-refractivity contribution >= 4 is 11.6 Å². The molecule has 1 aromatic heterocycles. The Hall–Kier alpha value is -1.38. The second-order valence-corrected chi connectivity index (χ2v) is 5.82. The van der Waals surface area contributed by atoms with Crippen LogP contribution in [0.1, 0.15) is 30.9 Å². The highest BCUT2D eigenvalue weighted by atomic mass is 35.5. The van der Waals surface area contributed by atoms with Gasteiger partial charge in [-0.1, -0.05) is 36.7 Å². The summed E-state index contributed by atoms with van der Waals surface area (Å²) in [6.07, 6.45) is 8.15. The van der Waals surface area contributed by atoms with Gasteiger partial charge in [0.05, 0.1) is 0 Å². The first-order valence-electron chi connectivity index (χ1n) is 7.64. The van der Waals surface area contributed by atoms with E-state index in [-0.39, 0.29) is 0 Å². The number of nitrogens with zero attached hydrogens (tertiary/aromatic N) is 1. The molecular formula is C18H23ClN2. The zero-order valence-corrected chi connectivity index (χ0v) is 13.3. The molecule has 3 heteroatoms. The fraction of sp³-hybridized carbons (Fsp3) is 0.389. The van der Waals surface area contributed by atoms with Gasteiger partial charge in [0, 0.05) is 23.5 Å². The van der Waals surface area contributed by atoms with Crippen LogP contribution in [-0.2, 0) is 12.8 Å². The van der Waals surface area contributed by atoms with Gasteiger partial charge >= 0.3 is 0 Å². The maximum Gasteiger partial charge on any atom is 0.0406 e. The van der Waals surface area contributed by atoms with E-state index in [1.807, 2.05) is 30.6 Å². The van der Waals surface area contributed by atoms with E-state index in [1.165, 1.54) is 11.1 Å². The molecule has 1 N–H and O–H groups in total.